The number of nitrogens with one attached hydrogen (secondary N) is 2. The van der Waals surface area contributed by atoms with Crippen LogP contribution in [0.4, 0.5) is 29.5 Å². The molecule has 9 nitrogen and oxygen atoms in total. The molecule has 1 amide bonds. The van der Waals surface area contributed by atoms with Crippen LogP contribution in [0.5, 0.6) is 0 Å². The summed E-state index contributed by atoms with van der Waals surface area (Å²) in [6, 6.07) is 6.36. The molecule has 158 valence electrons. The van der Waals surface area contributed by atoms with Crippen molar-refractivity contribution in [3.63, 3.8) is 0 Å². The summed E-state index contributed by atoms with van der Waals surface area (Å²) in [6.45, 7) is 0.936. The standard InChI is InChI=1S/C18H17F3N6O3/c19-18(20,21)10-30-17(28)23-12-3-1-11(2-4-12)14-24-15-13(9-22-26-15)16(25-14)27-5-7-29-8-6-27/h1-4,9H,5-8,10H2,(H,23,28)(H,22,24,25,26). The fraction of sp³-hybridized carbons (Fsp3) is 0.333. The van der Waals surface area contributed by atoms with E-state index in [1.807, 2.05) is 0 Å². The number of anilines is 2. The minimum Gasteiger partial charge on any atom is -0.440 e. The molecule has 0 radical (unpaired) electrons. The molecule has 30 heavy (non-hydrogen) atoms. The van der Waals surface area contributed by atoms with Gasteiger partial charge in [-0.2, -0.15) is 18.3 Å². The molecule has 3 aromatic rings. The third kappa shape index (κ3) is 4.59. The van der Waals surface area contributed by atoms with Crippen molar-refractivity contribution in [2.45, 2.75) is 6.18 Å². The van der Waals surface area contributed by atoms with Crippen LogP contribution < -0.4 is 10.2 Å². The van der Waals surface area contributed by atoms with Crippen LogP contribution in [0.1, 0.15) is 0 Å². The number of fused-ring (bicyclic) bond motifs is 1. The van der Waals surface area contributed by atoms with Gasteiger partial charge in [0.05, 0.1) is 24.8 Å². The van der Waals surface area contributed by atoms with Crippen molar-refractivity contribution in [1.29, 1.82) is 0 Å². The van der Waals surface area contributed by atoms with Gasteiger partial charge in [0.15, 0.2) is 18.1 Å². The van der Waals surface area contributed by atoms with Gasteiger partial charge in [-0.3, -0.25) is 10.4 Å². The van der Waals surface area contributed by atoms with Gasteiger partial charge in [-0.15, -0.1) is 0 Å². The zero-order chi connectivity index (χ0) is 21.1. The lowest BCUT2D eigenvalue weighted by atomic mass is 10.2. The van der Waals surface area contributed by atoms with Crippen molar-refractivity contribution in [2.75, 3.05) is 43.1 Å². The number of rotatable bonds is 4. The van der Waals surface area contributed by atoms with E-state index in [0.29, 0.717) is 43.3 Å². The van der Waals surface area contributed by atoms with Crippen LogP contribution in [0.2, 0.25) is 0 Å². The summed E-state index contributed by atoms with van der Waals surface area (Å²) < 4.78 is 45.9. The number of H-pyrrole nitrogens is 1. The van der Waals surface area contributed by atoms with Gasteiger partial charge in [0.25, 0.3) is 0 Å². The fourth-order valence-corrected chi connectivity index (χ4v) is 2.97. The van der Waals surface area contributed by atoms with Crippen molar-refractivity contribution in [3.05, 3.63) is 30.5 Å². The molecule has 3 heterocycles. The topological polar surface area (TPSA) is 105 Å². The van der Waals surface area contributed by atoms with Crippen LogP contribution in [0.15, 0.2) is 30.5 Å². The highest BCUT2D eigenvalue weighted by molar-refractivity contribution is 5.88. The normalized spacial score (nSPS) is 14.7. The Hall–Kier alpha value is -3.41. The number of alkyl halides is 3. The number of halogens is 3. The highest BCUT2D eigenvalue weighted by Gasteiger charge is 2.29. The van der Waals surface area contributed by atoms with E-state index in [9.17, 15) is 18.0 Å². The van der Waals surface area contributed by atoms with Crippen LogP contribution in [0.25, 0.3) is 22.4 Å². The Labute approximate surface area is 168 Å². The predicted molar refractivity (Wildman–Crippen MR) is 101 cm³/mol. The van der Waals surface area contributed by atoms with E-state index in [4.69, 9.17) is 4.74 Å². The van der Waals surface area contributed by atoms with Crippen LogP contribution in [0, 0.1) is 0 Å². The number of aromatic amines is 1. The minimum atomic E-state index is -4.58. The SMILES string of the molecule is O=C(Nc1ccc(-c2nc(N3CCOCC3)c3cn[nH]c3n2)cc1)OCC(F)(F)F. The quantitative estimate of drug-likeness (QED) is 0.666. The molecule has 1 saturated heterocycles. The summed E-state index contributed by atoms with van der Waals surface area (Å²) in [5.74, 6) is 1.18. The molecule has 0 spiro atoms. The first kappa shape index (κ1) is 19.9. The highest BCUT2D eigenvalue weighted by atomic mass is 19.4. The molecule has 0 atom stereocenters. The third-order valence-electron chi connectivity index (χ3n) is 4.36. The van der Waals surface area contributed by atoms with Crippen LogP contribution in [-0.4, -0.2) is 65.3 Å². The zero-order valence-electron chi connectivity index (χ0n) is 15.6. The Kier molecular flexibility index (Phi) is 5.40. The van der Waals surface area contributed by atoms with E-state index in [-0.39, 0.29) is 5.69 Å². The Morgan fingerprint density at radius 2 is 1.93 bits per heavy atom. The largest absolute Gasteiger partial charge is 0.440 e. The number of benzene rings is 1. The molecule has 1 fully saturated rings. The molecule has 1 aliphatic heterocycles. The van der Waals surface area contributed by atoms with Gasteiger partial charge in [-0.05, 0) is 24.3 Å². The lowest BCUT2D eigenvalue weighted by molar-refractivity contribution is -0.159. The molecular formula is C18H17F3N6O3. The van der Waals surface area contributed by atoms with Crippen molar-refractivity contribution < 1.29 is 27.4 Å². The van der Waals surface area contributed by atoms with Gasteiger partial charge in [0, 0.05) is 24.3 Å². The van der Waals surface area contributed by atoms with E-state index < -0.39 is 18.9 Å². The van der Waals surface area contributed by atoms with E-state index in [0.717, 1.165) is 11.2 Å². The number of hydrogen-bond donors (Lipinski definition) is 2. The first-order valence-corrected chi connectivity index (χ1v) is 9.04. The molecule has 2 N–H and O–H groups in total. The monoisotopic (exact) mass is 422 g/mol. The number of carbonyl (C=O) groups excluding carboxylic acids is 1. The molecule has 0 bridgehead atoms. The van der Waals surface area contributed by atoms with Gasteiger partial charge >= 0.3 is 12.3 Å². The van der Waals surface area contributed by atoms with E-state index in [1.54, 1.807) is 18.3 Å². The second kappa shape index (κ2) is 8.14. The van der Waals surface area contributed by atoms with Crippen molar-refractivity contribution in [2.24, 2.45) is 0 Å². The number of hydrogen-bond acceptors (Lipinski definition) is 7. The number of nitrogens with zero attached hydrogens (tertiary/aromatic N) is 4. The first-order chi connectivity index (χ1) is 14.4. The number of amides is 1. The van der Waals surface area contributed by atoms with Crippen LogP contribution in [-0.2, 0) is 9.47 Å². The van der Waals surface area contributed by atoms with Gasteiger partial charge in [0.2, 0.25) is 0 Å². The number of ether oxygens (including phenoxy) is 2. The highest BCUT2D eigenvalue weighted by Crippen LogP contribution is 2.27. The van der Waals surface area contributed by atoms with Crippen LogP contribution in [0.3, 0.4) is 0 Å². The second-order valence-electron chi connectivity index (χ2n) is 6.50. The number of carbonyl (C=O) groups is 1. The maximum absolute atomic E-state index is 12.1. The van der Waals surface area contributed by atoms with Crippen LogP contribution >= 0.6 is 0 Å². The fourth-order valence-electron chi connectivity index (χ4n) is 2.97. The Morgan fingerprint density at radius 1 is 1.20 bits per heavy atom. The molecule has 1 aromatic carbocycles. The summed E-state index contributed by atoms with van der Waals surface area (Å²) in [5, 5.41) is 9.93. The summed E-state index contributed by atoms with van der Waals surface area (Å²) in [5.41, 5.74) is 1.52. The minimum absolute atomic E-state index is 0.280. The summed E-state index contributed by atoms with van der Waals surface area (Å²) >= 11 is 0. The molecule has 1 aliphatic rings. The molecule has 4 rings (SSSR count). The maximum Gasteiger partial charge on any atom is 0.422 e. The zero-order valence-corrected chi connectivity index (χ0v) is 15.6. The Morgan fingerprint density at radius 3 is 2.63 bits per heavy atom. The maximum atomic E-state index is 12.1. The van der Waals surface area contributed by atoms with E-state index in [2.05, 4.69) is 35.1 Å². The summed E-state index contributed by atoms with van der Waals surface area (Å²) in [6.07, 6.45) is -4.10. The lowest BCUT2D eigenvalue weighted by Gasteiger charge is -2.28. The number of aromatic nitrogens is 4. The number of morpholine rings is 1. The molecule has 0 aliphatic carbocycles. The molecule has 0 saturated carbocycles. The third-order valence-corrected chi connectivity index (χ3v) is 4.36. The first-order valence-electron chi connectivity index (χ1n) is 9.04. The van der Waals surface area contributed by atoms with Crippen molar-refractivity contribution in [1.82, 2.24) is 20.2 Å². The van der Waals surface area contributed by atoms with Gasteiger partial charge in [-0.25, -0.2) is 14.8 Å². The van der Waals surface area contributed by atoms with Gasteiger partial charge < -0.3 is 14.4 Å². The molecule has 0 unspecified atom stereocenters. The summed E-state index contributed by atoms with van der Waals surface area (Å²) in [7, 11) is 0. The average molecular weight is 422 g/mol. The molecule has 12 heteroatoms. The lowest BCUT2D eigenvalue weighted by Crippen LogP contribution is -2.37. The Balaban J connectivity index is 1.53. The van der Waals surface area contributed by atoms with E-state index >= 15 is 0 Å². The Bertz CT molecular complexity index is 1030. The molecule has 2 aromatic heterocycles. The summed E-state index contributed by atoms with van der Waals surface area (Å²) in [4.78, 5) is 22.7. The van der Waals surface area contributed by atoms with Gasteiger partial charge in [-0.1, -0.05) is 0 Å². The predicted octanol–water partition coefficient (Wildman–Crippen LogP) is 2.97. The molecular weight excluding hydrogens is 405 g/mol. The van der Waals surface area contributed by atoms with E-state index in [1.165, 1.54) is 12.1 Å². The average Bonchev–Trinajstić information content (AvgIpc) is 3.21. The van der Waals surface area contributed by atoms with Gasteiger partial charge in [0.1, 0.15) is 5.82 Å². The second-order valence-corrected chi connectivity index (χ2v) is 6.50. The smallest absolute Gasteiger partial charge is 0.422 e. The van der Waals surface area contributed by atoms with Crippen molar-refractivity contribution in [3.8, 4) is 11.4 Å². The van der Waals surface area contributed by atoms with Crippen molar-refractivity contribution >= 4 is 28.6 Å².